The van der Waals surface area contributed by atoms with Crippen LogP contribution in [0.5, 0.6) is 5.75 Å². The molecule has 0 bridgehead atoms. The number of ether oxygens (including phenoxy) is 1. The summed E-state index contributed by atoms with van der Waals surface area (Å²) in [5.74, 6) is -1.27. The molecule has 2 aromatic carbocycles. The Bertz CT molecular complexity index is 946. The van der Waals surface area contributed by atoms with Crippen LogP contribution in [0.4, 0.5) is 14.5 Å². The predicted octanol–water partition coefficient (Wildman–Crippen LogP) is 3.28. The van der Waals surface area contributed by atoms with Gasteiger partial charge in [0.2, 0.25) is 17.7 Å². The third-order valence-corrected chi connectivity index (χ3v) is 4.30. The minimum atomic E-state index is -2.97. The number of primary amides is 1. The summed E-state index contributed by atoms with van der Waals surface area (Å²) in [4.78, 5) is 37.1. The Labute approximate surface area is 178 Å². The molecule has 0 atom stereocenters. The van der Waals surface area contributed by atoms with Crippen LogP contribution in [-0.4, -0.2) is 42.3 Å². The van der Waals surface area contributed by atoms with Crippen LogP contribution in [0, 0.1) is 0 Å². The highest BCUT2D eigenvalue weighted by molar-refractivity contribution is 5.95. The van der Waals surface area contributed by atoms with Crippen molar-refractivity contribution in [3.63, 3.8) is 0 Å². The molecule has 0 heterocycles. The number of nitrogens with one attached hydrogen (secondary N) is 1. The Morgan fingerprint density at radius 1 is 1.13 bits per heavy atom. The summed E-state index contributed by atoms with van der Waals surface area (Å²) in [5, 5.41) is 2.68. The number of alkyl halides is 2. The molecule has 0 aliphatic rings. The van der Waals surface area contributed by atoms with Gasteiger partial charge in [0.15, 0.2) is 0 Å². The van der Waals surface area contributed by atoms with Crippen molar-refractivity contribution in [2.24, 2.45) is 5.73 Å². The number of carbonyl (C=O) groups is 3. The molecular formula is C22H23F2N3O4. The Kier molecular flexibility index (Phi) is 8.68. The van der Waals surface area contributed by atoms with E-state index in [0.717, 1.165) is 0 Å². The monoisotopic (exact) mass is 431 g/mol. The van der Waals surface area contributed by atoms with Crippen molar-refractivity contribution in [1.29, 1.82) is 0 Å². The number of nitrogens with two attached hydrogens (primary N) is 1. The summed E-state index contributed by atoms with van der Waals surface area (Å²) < 4.78 is 29.4. The number of para-hydroxylation sites is 1. The summed E-state index contributed by atoms with van der Waals surface area (Å²) in [6.45, 7) is -0.679. The molecule has 0 aliphatic carbocycles. The van der Waals surface area contributed by atoms with Crippen LogP contribution in [0.1, 0.15) is 29.3 Å². The maximum atomic E-state index is 12.5. The van der Waals surface area contributed by atoms with E-state index in [1.807, 2.05) is 0 Å². The second-order valence-electron chi connectivity index (χ2n) is 6.41. The molecule has 3 amide bonds. The second-order valence-corrected chi connectivity index (χ2v) is 6.41. The van der Waals surface area contributed by atoms with Gasteiger partial charge in [0.05, 0.1) is 0 Å². The number of halogens is 2. The van der Waals surface area contributed by atoms with Crippen molar-refractivity contribution in [2.45, 2.75) is 20.0 Å². The quantitative estimate of drug-likeness (QED) is 0.564. The number of carbonyl (C=O) groups excluding carboxylic acids is 3. The predicted molar refractivity (Wildman–Crippen MR) is 113 cm³/mol. The average molecular weight is 431 g/mol. The lowest BCUT2D eigenvalue weighted by Crippen LogP contribution is -2.32. The number of nitrogens with zero attached hydrogens (tertiary/aromatic N) is 1. The lowest BCUT2D eigenvalue weighted by Gasteiger charge is -2.19. The van der Waals surface area contributed by atoms with Crippen molar-refractivity contribution in [3.05, 3.63) is 65.7 Å². The SMILES string of the molecule is CCN(CCC(=O)Nc1ccc(C(N)=O)cc1)C(=O)/C=C/c1ccccc1OC(F)F. The van der Waals surface area contributed by atoms with Gasteiger partial charge in [0, 0.05) is 42.4 Å². The molecule has 0 saturated heterocycles. The van der Waals surface area contributed by atoms with Crippen molar-refractivity contribution in [1.82, 2.24) is 4.90 Å². The van der Waals surface area contributed by atoms with E-state index in [2.05, 4.69) is 10.1 Å². The number of likely N-dealkylation sites (N-methyl/N-ethyl adjacent to an activating group) is 1. The zero-order chi connectivity index (χ0) is 22.8. The lowest BCUT2D eigenvalue weighted by molar-refractivity contribution is -0.126. The van der Waals surface area contributed by atoms with Gasteiger partial charge in [-0.1, -0.05) is 18.2 Å². The van der Waals surface area contributed by atoms with Gasteiger partial charge in [0.1, 0.15) is 5.75 Å². The average Bonchev–Trinajstić information content (AvgIpc) is 2.73. The molecule has 9 heteroatoms. The molecule has 0 aromatic heterocycles. The number of hydrogen-bond acceptors (Lipinski definition) is 4. The fourth-order valence-electron chi connectivity index (χ4n) is 2.69. The third-order valence-electron chi connectivity index (χ3n) is 4.30. The standard InChI is InChI=1S/C22H23F2N3O4/c1-2-27(14-13-19(28)26-17-10-7-16(8-11-17)21(25)30)20(29)12-9-15-5-3-4-6-18(15)31-22(23)24/h3-12,22H,2,13-14H2,1H3,(H2,25,30)(H,26,28)/b12-9+. The van der Waals surface area contributed by atoms with E-state index >= 15 is 0 Å². The van der Waals surface area contributed by atoms with E-state index in [1.54, 1.807) is 37.3 Å². The van der Waals surface area contributed by atoms with Crippen LogP contribution in [0.25, 0.3) is 6.08 Å². The zero-order valence-electron chi connectivity index (χ0n) is 16.9. The van der Waals surface area contributed by atoms with E-state index in [1.165, 1.54) is 35.3 Å². The molecule has 2 aromatic rings. The molecule has 164 valence electrons. The van der Waals surface area contributed by atoms with Gasteiger partial charge in [-0.05, 0) is 43.3 Å². The van der Waals surface area contributed by atoms with Crippen molar-refractivity contribution in [2.75, 3.05) is 18.4 Å². The Hall–Kier alpha value is -3.75. The molecule has 0 radical (unpaired) electrons. The van der Waals surface area contributed by atoms with Crippen LogP contribution in [0.3, 0.4) is 0 Å². The minimum absolute atomic E-state index is 0.0358. The van der Waals surface area contributed by atoms with Crippen molar-refractivity contribution < 1.29 is 27.9 Å². The van der Waals surface area contributed by atoms with E-state index < -0.39 is 12.5 Å². The highest BCUT2D eigenvalue weighted by atomic mass is 19.3. The Balaban J connectivity index is 1.92. The normalized spacial score (nSPS) is 10.8. The molecule has 0 spiro atoms. The van der Waals surface area contributed by atoms with Gasteiger partial charge in [0.25, 0.3) is 0 Å². The van der Waals surface area contributed by atoms with E-state index in [-0.39, 0.29) is 30.5 Å². The van der Waals surface area contributed by atoms with E-state index in [9.17, 15) is 23.2 Å². The summed E-state index contributed by atoms with van der Waals surface area (Å²) in [6.07, 6.45) is 2.69. The number of anilines is 1. The van der Waals surface area contributed by atoms with Gasteiger partial charge < -0.3 is 20.7 Å². The van der Waals surface area contributed by atoms with Crippen LogP contribution < -0.4 is 15.8 Å². The van der Waals surface area contributed by atoms with E-state index in [4.69, 9.17) is 5.73 Å². The minimum Gasteiger partial charge on any atom is -0.434 e. The fourth-order valence-corrected chi connectivity index (χ4v) is 2.69. The van der Waals surface area contributed by atoms with Gasteiger partial charge in [-0.15, -0.1) is 0 Å². The topological polar surface area (TPSA) is 102 Å². The molecule has 0 fully saturated rings. The highest BCUT2D eigenvalue weighted by Crippen LogP contribution is 2.21. The van der Waals surface area contributed by atoms with Crippen LogP contribution in [0.15, 0.2) is 54.6 Å². The van der Waals surface area contributed by atoms with Crippen LogP contribution in [0.2, 0.25) is 0 Å². The first-order valence-corrected chi connectivity index (χ1v) is 9.50. The largest absolute Gasteiger partial charge is 0.434 e. The molecule has 3 N–H and O–H groups in total. The van der Waals surface area contributed by atoms with Gasteiger partial charge >= 0.3 is 6.61 Å². The summed E-state index contributed by atoms with van der Waals surface area (Å²) >= 11 is 0. The fraction of sp³-hybridized carbons (Fsp3) is 0.227. The third kappa shape index (κ3) is 7.54. The van der Waals surface area contributed by atoms with Crippen LogP contribution >= 0.6 is 0 Å². The molecule has 2 rings (SSSR count). The second kappa shape index (κ2) is 11.4. The number of benzene rings is 2. The molecule has 0 unspecified atom stereocenters. The first-order valence-electron chi connectivity index (χ1n) is 9.50. The summed E-state index contributed by atoms with van der Waals surface area (Å²) in [7, 11) is 0. The molecule has 0 aliphatic heterocycles. The highest BCUT2D eigenvalue weighted by Gasteiger charge is 2.12. The Morgan fingerprint density at radius 3 is 2.42 bits per heavy atom. The van der Waals surface area contributed by atoms with Crippen molar-refractivity contribution >= 4 is 29.5 Å². The van der Waals surface area contributed by atoms with Gasteiger partial charge in [-0.2, -0.15) is 8.78 Å². The number of amides is 3. The lowest BCUT2D eigenvalue weighted by atomic mass is 10.2. The Morgan fingerprint density at radius 2 is 1.81 bits per heavy atom. The first-order chi connectivity index (χ1) is 14.8. The smallest absolute Gasteiger partial charge is 0.387 e. The van der Waals surface area contributed by atoms with Crippen LogP contribution in [-0.2, 0) is 9.59 Å². The molecule has 7 nitrogen and oxygen atoms in total. The van der Waals surface area contributed by atoms with E-state index in [0.29, 0.717) is 23.4 Å². The zero-order valence-corrected chi connectivity index (χ0v) is 16.9. The maximum absolute atomic E-state index is 12.5. The summed E-state index contributed by atoms with van der Waals surface area (Å²) in [6, 6.07) is 12.2. The van der Waals surface area contributed by atoms with Crippen molar-refractivity contribution in [3.8, 4) is 5.75 Å². The first kappa shape index (κ1) is 23.5. The van der Waals surface area contributed by atoms with Gasteiger partial charge in [-0.3, -0.25) is 14.4 Å². The molecular weight excluding hydrogens is 408 g/mol. The number of rotatable bonds is 10. The molecule has 0 saturated carbocycles. The number of hydrogen-bond donors (Lipinski definition) is 2. The molecule has 31 heavy (non-hydrogen) atoms. The maximum Gasteiger partial charge on any atom is 0.387 e. The van der Waals surface area contributed by atoms with Gasteiger partial charge in [-0.25, -0.2) is 0 Å². The summed E-state index contributed by atoms with van der Waals surface area (Å²) in [5.41, 5.74) is 6.34.